The lowest BCUT2D eigenvalue weighted by Crippen LogP contribution is -2.41. The fraction of sp³-hybridized carbons (Fsp3) is 0.438. The predicted octanol–water partition coefficient (Wildman–Crippen LogP) is 2.81. The summed E-state index contributed by atoms with van der Waals surface area (Å²) in [4.78, 5) is 14.1. The number of likely N-dealkylation sites (tertiary alicyclic amines) is 1. The summed E-state index contributed by atoms with van der Waals surface area (Å²) in [6.07, 6.45) is 5.80. The highest BCUT2D eigenvalue weighted by Gasteiger charge is 2.21. The highest BCUT2D eigenvalue weighted by atomic mass is 35.5. The Morgan fingerprint density at radius 2 is 2.20 bits per heavy atom. The quantitative estimate of drug-likeness (QED) is 0.866. The summed E-state index contributed by atoms with van der Waals surface area (Å²) in [5, 5.41) is 3.90. The van der Waals surface area contributed by atoms with Crippen LogP contribution in [-0.4, -0.2) is 37.5 Å². The molecule has 1 atom stereocenters. The molecule has 20 heavy (non-hydrogen) atoms. The first-order valence-corrected chi connectivity index (χ1v) is 7.44. The molecule has 0 aliphatic carbocycles. The molecule has 0 spiro atoms. The van der Waals surface area contributed by atoms with E-state index < -0.39 is 0 Å². The van der Waals surface area contributed by atoms with E-state index in [1.54, 1.807) is 6.08 Å². The number of nitrogens with zero attached hydrogens (tertiary/aromatic N) is 1. The van der Waals surface area contributed by atoms with Crippen LogP contribution < -0.4 is 5.32 Å². The predicted molar refractivity (Wildman–Crippen MR) is 83.7 cm³/mol. The summed E-state index contributed by atoms with van der Waals surface area (Å²) < 4.78 is 0. The normalized spacial score (nSPS) is 19.5. The second-order valence-corrected chi connectivity index (χ2v) is 5.67. The van der Waals surface area contributed by atoms with Crippen LogP contribution >= 0.6 is 11.6 Å². The van der Waals surface area contributed by atoms with E-state index in [1.165, 1.54) is 6.42 Å². The molecule has 1 amide bonds. The van der Waals surface area contributed by atoms with Crippen LogP contribution in [0.3, 0.4) is 0 Å². The largest absolute Gasteiger partial charge is 0.339 e. The molecule has 0 unspecified atom stereocenters. The van der Waals surface area contributed by atoms with Gasteiger partial charge in [0.15, 0.2) is 0 Å². The molecule has 2 rings (SSSR count). The number of hydrogen-bond acceptors (Lipinski definition) is 2. The van der Waals surface area contributed by atoms with Crippen LogP contribution in [0.1, 0.15) is 18.4 Å². The van der Waals surface area contributed by atoms with Gasteiger partial charge in [-0.2, -0.15) is 0 Å². The van der Waals surface area contributed by atoms with Crippen molar-refractivity contribution < 1.29 is 4.79 Å². The van der Waals surface area contributed by atoms with Gasteiger partial charge in [-0.1, -0.05) is 23.7 Å². The maximum Gasteiger partial charge on any atom is 0.246 e. The van der Waals surface area contributed by atoms with Crippen LogP contribution in [0.25, 0.3) is 6.08 Å². The topological polar surface area (TPSA) is 32.3 Å². The first-order chi connectivity index (χ1) is 9.69. The molecule has 1 aliphatic heterocycles. The van der Waals surface area contributed by atoms with Gasteiger partial charge in [0.1, 0.15) is 0 Å². The lowest BCUT2D eigenvalue weighted by atomic mass is 9.98. The molecule has 4 heteroatoms. The zero-order chi connectivity index (χ0) is 14.4. The van der Waals surface area contributed by atoms with Crippen LogP contribution in [-0.2, 0) is 4.79 Å². The number of rotatable bonds is 4. The number of benzene rings is 1. The third-order valence-corrected chi connectivity index (χ3v) is 3.86. The van der Waals surface area contributed by atoms with E-state index in [-0.39, 0.29) is 5.91 Å². The maximum absolute atomic E-state index is 12.2. The monoisotopic (exact) mass is 292 g/mol. The molecule has 1 aromatic carbocycles. The van der Waals surface area contributed by atoms with Gasteiger partial charge in [-0.25, -0.2) is 0 Å². The summed E-state index contributed by atoms with van der Waals surface area (Å²) >= 11 is 5.84. The van der Waals surface area contributed by atoms with E-state index in [0.29, 0.717) is 10.9 Å². The molecular weight excluding hydrogens is 272 g/mol. The van der Waals surface area contributed by atoms with E-state index in [9.17, 15) is 4.79 Å². The average molecular weight is 293 g/mol. The van der Waals surface area contributed by atoms with Crippen LogP contribution in [0.5, 0.6) is 0 Å². The lowest BCUT2D eigenvalue weighted by molar-refractivity contribution is -0.127. The van der Waals surface area contributed by atoms with Crippen molar-refractivity contribution >= 4 is 23.6 Å². The van der Waals surface area contributed by atoms with E-state index >= 15 is 0 Å². The molecular formula is C16H21ClN2O. The fourth-order valence-electron chi connectivity index (χ4n) is 2.57. The maximum atomic E-state index is 12.2. The van der Waals surface area contributed by atoms with Gasteiger partial charge in [0, 0.05) is 24.2 Å². The third kappa shape index (κ3) is 4.36. The van der Waals surface area contributed by atoms with Crippen molar-refractivity contribution in [3.8, 4) is 0 Å². The molecule has 0 aromatic heterocycles. The summed E-state index contributed by atoms with van der Waals surface area (Å²) in [7, 11) is 1.96. The Kier molecular flexibility index (Phi) is 5.62. The molecule has 0 radical (unpaired) electrons. The second-order valence-electron chi connectivity index (χ2n) is 5.24. The lowest BCUT2D eigenvalue weighted by Gasteiger charge is -2.32. The van der Waals surface area contributed by atoms with Crippen molar-refractivity contribution in [1.82, 2.24) is 10.2 Å². The first-order valence-electron chi connectivity index (χ1n) is 7.06. The molecule has 108 valence electrons. The molecule has 1 aliphatic rings. The molecule has 1 heterocycles. The average Bonchev–Trinajstić information content (AvgIpc) is 2.47. The SMILES string of the molecule is CNC[C@H]1CCCN(C(=O)/C=C\c2ccc(Cl)cc2)C1. The Hall–Kier alpha value is -1.32. The van der Waals surface area contributed by atoms with Gasteiger partial charge in [-0.3, -0.25) is 4.79 Å². The number of nitrogens with one attached hydrogen (secondary N) is 1. The van der Waals surface area contributed by atoms with Crippen molar-refractivity contribution in [1.29, 1.82) is 0 Å². The molecule has 3 nitrogen and oxygen atoms in total. The number of amides is 1. The minimum atomic E-state index is 0.0979. The summed E-state index contributed by atoms with van der Waals surface area (Å²) in [5.74, 6) is 0.669. The zero-order valence-electron chi connectivity index (χ0n) is 11.8. The van der Waals surface area contributed by atoms with Crippen molar-refractivity contribution in [2.45, 2.75) is 12.8 Å². The van der Waals surface area contributed by atoms with Crippen molar-refractivity contribution in [3.05, 3.63) is 40.9 Å². The minimum Gasteiger partial charge on any atom is -0.339 e. The summed E-state index contributed by atoms with van der Waals surface area (Å²) in [6, 6.07) is 7.48. The molecule has 1 aromatic rings. The van der Waals surface area contributed by atoms with Crippen molar-refractivity contribution in [3.63, 3.8) is 0 Å². The fourth-order valence-corrected chi connectivity index (χ4v) is 2.69. The van der Waals surface area contributed by atoms with Crippen LogP contribution in [0.4, 0.5) is 0 Å². The molecule has 1 saturated heterocycles. The van der Waals surface area contributed by atoms with E-state index in [2.05, 4.69) is 5.32 Å². The molecule has 1 N–H and O–H groups in total. The standard InChI is InChI=1S/C16H21ClN2O/c1-18-11-14-3-2-10-19(12-14)16(20)9-6-13-4-7-15(17)8-5-13/h4-9,14,18H,2-3,10-12H2,1H3/b9-6-/t14-/m1/s1. The van der Waals surface area contributed by atoms with E-state index in [1.807, 2.05) is 42.3 Å². The smallest absolute Gasteiger partial charge is 0.246 e. The summed E-state index contributed by atoms with van der Waals surface area (Å²) in [6.45, 7) is 2.69. The number of hydrogen-bond donors (Lipinski definition) is 1. The number of piperidine rings is 1. The van der Waals surface area contributed by atoms with Gasteiger partial charge in [-0.05, 0) is 56.1 Å². The van der Waals surface area contributed by atoms with Gasteiger partial charge < -0.3 is 10.2 Å². The number of halogens is 1. The summed E-state index contributed by atoms with van der Waals surface area (Å²) in [5.41, 5.74) is 0.992. The van der Waals surface area contributed by atoms with Gasteiger partial charge in [0.05, 0.1) is 0 Å². The number of carbonyl (C=O) groups is 1. The molecule has 0 saturated carbocycles. The highest BCUT2D eigenvalue weighted by molar-refractivity contribution is 6.30. The van der Waals surface area contributed by atoms with Crippen LogP contribution in [0.15, 0.2) is 30.3 Å². The van der Waals surface area contributed by atoms with Gasteiger partial charge >= 0.3 is 0 Å². The minimum absolute atomic E-state index is 0.0979. The Labute approximate surface area is 125 Å². The Balaban J connectivity index is 1.92. The van der Waals surface area contributed by atoms with Crippen LogP contribution in [0, 0.1) is 5.92 Å². The highest BCUT2D eigenvalue weighted by Crippen LogP contribution is 2.16. The third-order valence-electron chi connectivity index (χ3n) is 3.61. The Morgan fingerprint density at radius 3 is 2.90 bits per heavy atom. The molecule has 1 fully saturated rings. The first kappa shape index (κ1) is 15.1. The zero-order valence-corrected chi connectivity index (χ0v) is 12.6. The van der Waals surface area contributed by atoms with Gasteiger partial charge in [-0.15, -0.1) is 0 Å². The van der Waals surface area contributed by atoms with Gasteiger partial charge in [0.25, 0.3) is 0 Å². The Morgan fingerprint density at radius 1 is 1.45 bits per heavy atom. The number of carbonyl (C=O) groups excluding carboxylic acids is 1. The second kappa shape index (κ2) is 7.46. The van der Waals surface area contributed by atoms with E-state index in [0.717, 1.165) is 31.6 Å². The Bertz CT molecular complexity index is 468. The van der Waals surface area contributed by atoms with Crippen molar-refractivity contribution in [2.75, 3.05) is 26.7 Å². The van der Waals surface area contributed by atoms with Crippen molar-refractivity contribution in [2.24, 2.45) is 5.92 Å². The van der Waals surface area contributed by atoms with E-state index in [4.69, 9.17) is 11.6 Å². The molecule has 0 bridgehead atoms. The van der Waals surface area contributed by atoms with Gasteiger partial charge in [0.2, 0.25) is 5.91 Å². The van der Waals surface area contributed by atoms with Crippen LogP contribution in [0.2, 0.25) is 5.02 Å².